The number of nitrogens with zero attached hydrogens (tertiary/aromatic N) is 2. The summed E-state index contributed by atoms with van der Waals surface area (Å²) in [6.45, 7) is 0. The largest absolute Gasteiger partial charge is 0.364 e. The van der Waals surface area contributed by atoms with E-state index in [0.29, 0.717) is 5.65 Å². The third-order valence-electron chi connectivity index (χ3n) is 2.63. The first kappa shape index (κ1) is 9.72. The van der Waals surface area contributed by atoms with E-state index < -0.39 is 5.91 Å². The molecule has 0 unspecified atom stereocenters. The van der Waals surface area contributed by atoms with Gasteiger partial charge >= 0.3 is 0 Å². The average Bonchev–Trinajstić information content (AvgIpc) is 2.35. The molecule has 17 heavy (non-hydrogen) atoms. The van der Waals surface area contributed by atoms with E-state index in [9.17, 15) is 4.79 Å². The van der Waals surface area contributed by atoms with Crippen molar-refractivity contribution in [2.24, 2.45) is 5.73 Å². The first-order valence-electron chi connectivity index (χ1n) is 5.20. The minimum Gasteiger partial charge on any atom is -0.364 e. The summed E-state index contributed by atoms with van der Waals surface area (Å²) >= 11 is 0. The van der Waals surface area contributed by atoms with Crippen LogP contribution >= 0.6 is 0 Å². The van der Waals surface area contributed by atoms with E-state index in [2.05, 4.69) is 9.97 Å². The van der Waals surface area contributed by atoms with Gasteiger partial charge in [-0.2, -0.15) is 0 Å². The zero-order chi connectivity index (χ0) is 11.8. The first-order valence-corrected chi connectivity index (χ1v) is 5.20. The van der Waals surface area contributed by atoms with Crippen molar-refractivity contribution in [3.63, 3.8) is 0 Å². The minimum absolute atomic E-state index is 0.236. The Morgan fingerprint density at radius 3 is 2.65 bits per heavy atom. The molecule has 3 rings (SSSR count). The van der Waals surface area contributed by atoms with Gasteiger partial charge in [0.05, 0.1) is 5.52 Å². The molecular weight excluding hydrogens is 214 g/mol. The molecule has 0 aliphatic carbocycles. The van der Waals surface area contributed by atoms with Gasteiger partial charge in [-0.3, -0.25) is 4.79 Å². The van der Waals surface area contributed by atoms with Crippen LogP contribution in [0.25, 0.3) is 21.9 Å². The number of hydrogen-bond donors (Lipinski definition) is 1. The van der Waals surface area contributed by atoms with Crippen molar-refractivity contribution in [2.45, 2.75) is 0 Å². The molecule has 4 heteroatoms. The molecule has 1 amide bonds. The van der Waals surface area contributed by atoms with Crippen molar-refractivity contribution in [3.05, 3.63) is 48.2 Å². The highest BCUT2D eigenvalue weighted by molar-refractivity contribution is 5.95. The van der Waals surface area contributed by atoms with Crippen molar-refractivity contribution in [3.8, 4) is 0 Å². The molecule has 0 spiro atoms. The number of amides is 1. The van der Waals surface area contributed by atoms with E-state index in [-0.39, 0.29) is 5.69 Å². The van der Waals surface area contributed by atoms with E-state index in [1.807, 2.05) is 36.4 Å². The van der Waals surface area contributed by atoms with E-state index in [0.717, 1.165) is 16.3 Å². The number of para-hydroxylation sites is 1. The van der Waals surface area contributed by atoms with Crippen molar-refractivity contribution in [2.75, 3.05) is 0 Å². The summed E-state index contributed by atoms with van der Waals surface area (Å²) in [5.41, 5.74) is 6.82. The fraction of sp³-hybridized carbons (Fsp3) is 0. The Balaban J connectivity index is 2.36. The minimum atomic E-state index is -0.540. The van der Waals surface area contributed by atoms with Crippen molar-refractivity contribution in [1.82, 2.24) is 9.97 Å². The van der Waals surface area contributed by atoms with E-state index in [1.54, 1.807) is 6.07 Å². The number of rotatable bonds is 1. The molecule has 0 saturated carbocycles. The molecule has 2 aromatic heterocycles. The molecule has 0 radical (unpaired) electrons. The molecular formula is C13H9N3O. The van der Waals surface area contributed by atoms with Gasteiger partial charge in [0.15, 0.2) is 5.65 Å². The number of carbonyl (C=O) groups is 1. The summed E-state index contributed by atoms with van der Waals surface area (Å²) in [7, 11) is 0. The smallest absolute Gasteiger partial charge is 0.267 e. The molecule has 3 aromatic rings. The maximum absolute atomic E-state index is 11.0. The molecule has 2 N–H and O–H groups in total. The predicted octanol–water partition coefficient (Wildman–Crippen LogP) is 1.88. The van der Waals surface area contributed by atoms with Gasteiger partial charge in [-0.25, -0.2) is 9.97 Å². The van der Waals surface area contributed by atoms with Gasteiger partial charge in [0.25, 0.3) is 5.91 Å². The second kappa shape index (κ2) is 3.52. The highest BCUT2D eigenvalue weighted by atomic mass is 16.1. The normalized spacial score (nSPS) is 10.8. The summed E-state index contributed by atoms with van der Waals surface area (Å²) in [5.74, 6) is -0.540. The first-order chi connectivity index (χ1) is 8.24. The SMILES string of the molecule is NC(=O)c1ccc2cc3ccccc3nc2n1. The van der Waals surface area contributed by atoms with Crippen LogP contribution in [0.3, 0.4) is 0 Å². The van der Waals surface area contributed by atoms with Crippen LogP contribution < -0.4 is 5.73 Å². The lowest BCUT2D eigenvalue weighted by Crippen LogP contribution is -2.12. The topological polar surface area (TPSA) is 68.9 Å². The number of nitrogens with two attached hydrogens (primary N) is 1. The molecule has 0 fully saturated rings. The number of fused-ring (bicyclic) bond motifs is 2. The Morgan fingerprint density at radius 1 is 1.00 bits per heavy atom. The van der Waals surface area contributed by atoms with Gasteiger partial charge in [0.2, 0.25) is 0 Å². The monoisotopic (exact) mass is 223 g/mol. The molecule has 2 heterocycles. The zero-order valence-electron chi connectivity index (χ0n) is 8.92. The Kier molecular flexibility index (Phi) is 2.01. The van der Waals surface area contributed by atoms with Crippen molar-refractivity contribution < 1.29 is 4.79 Å². The van der Waals surface area contributed by atoms with Crippen LogP contribution in [0, 0.1) is 0 Å². The fourth-order valence-corrected chi connectivity index (χ4v) is 1.79. The maximum Gasteiger partial charge on any atom is 0.267 e. The molecule has 0 aliphatic rings. The number of benzene rings is 1. The number of hydrogen-bond acceptors (Lipinski definition) is 3. The number of primary amides is 1. The highest BCUT2D eigenvalue weighted by Gasteiger charge is 2.05. The van der Waals surface area contributed by atoms with Crippen molar-refractivity contribution >= 4 is 27.8 Å². The van der Waals surface area contributed by atoms with Crippen molar-refractivity contribution in [1.29, 1.82) is 0 Å². The lowest BCUT2D eigenvalue weighted by molar-refractivity contribution is 0.0996. The van der Waals surface area contributed by atoms with Gasteiger partial charge in [-0.15, -0.1) is 0 Å². The number of pyridine rings is 2. The second-order valence-corrected chi connectivity index (χ2v) is 3.79. The van der Waals surface area contributed by atoms with Gasteiger partial charge in [-0.05, 0) is 24.3 Å². The summed E-state index contributed by atoms with van der Waals surface area (Å²) in [6.07, 6.45) is 0. The van der Waals surface area contributed by atoms with Crippen LogP contribution in [0.15, 0.2) is 42.5 Å². The summed E-state index contributed by atoms with van der Waals surface area (Å²) in [4.78, 5) is 19.6. The van der Waals surface area contributed by atoms with Crippen LogP contribution in [0.5, 0.6) is 0 Å². The van der Waals surface area contributed by atoms with Crippen LogP contribution in [0.4, 0.5) is 0 Å². The summed E-state index contributed by atoms with van der Waals surface area (Å²) in [6, 6.07) is 13.2. The molecule has 0 atom stereocenters. The number of aromatic nitrogens is 2. The standard InChI is InChI=1S/C13H9N3O/c14-12(17)11-6-5-9-7-8-3-1-2-4-10(8)15-13(9)16-11/h1-7H,(H2,14,17). The van der Waals surface area contributed by atoms with Gasteiger partial charge < -0.3 is 5.73 Å². The highest BCUT2D eigenvalue weighted by Crippen LogP contribution is 2.18. The van der Waals surface area contributed by atoms with Crippen LogP contribution in [-0.2, 0) is 0 Å². The molecule has 0 saturated heterocycles. The van der Waals surface area contributed by atoms with Crippen LogP contribution in [0.1, 0.15) is 10.5 Å². The zero-order valence-corrected chi connectivity index (χ0v) is 8.92. The molecule has 4 nitrogen and oxygen atoms in total. The van der Waals surface area contributed by atoms with E-state index in [1.165, 1.54) is 0 Å². The van der Waals surface area contributed by atoms with E-state index >= 15 is 0 Å². The lowest BCUT2D eigenvalue weighted by Gasteiger charge is -2.01. The van der Waals surface area contributed by atoms with Gasteiger partial charge in [-0.1, -0.05) is 18.2 Å². The second-order valence-electron chi connectivity index (χ2n) is 3.79. The molecule has 0 aliphatic heterocycles. The molecule has 1 aromatic carbocycles. The average molecular weight is 223 g/mol. The Bertz CT molecular complexity index is 737. The van der Waals surface area contributed by atoms with Crippen LogP contribution in [0.2, 0.25) is 0 Å². The number of carbonyl (C=O) groups excluding carboxylic acids is 1. The van der Waals surface area contributed by atoms with E-state index in [4.69, 9.17) is 5.73 Å². The van der Waals surface area contributed by atoms with Crippen LogP contribution in [-0.4, -0.2) is 15.9 Å². The predicted molar refractivity (Wildman–Crippen MR) is 65.6 cm³/mol. The summed E-state index contributed by atoms with van der Waals surface area (Å²) in [5, 5.41) is 1.95. The maximum atomic E-state index is 11.0. The third kappa shape index (κ3) is 1.59. The Hall–Kier alpha value is -2.49. The molecule has 82 valence electrons. The lowest BCUT2D eigenvalue weighted by atomic mass is 10.1. The fourth-order valence-electron chi connectivity index (χ4n) is 1.79. The quantitative estimate of drug-likeness (QED) is 0.640. The Labute approximate surface area is 97.1 Å². The van der Waals surface area contributed by atoms with Gasteiger partial charge in [0, 0.05) is 10.8 Å². The summed E-state index contributed by atoms with van der Waals surface area (Å²) < 4.78 is 0. The Morgan fingerprint density at radius 2 is 1.82 bits per heavy atom. The molecule has 0 bridgehead atoms. The van der Waals surface area contributed by atoms with Gasteiger partial charge in [0.1, 0.15) is 5.69 Å². The third-order valence-corrected chi connectivity index (χ3v) is 2.63.